The molecule has 1 atom stereocenters. The molecule has 1 unspecified atom stereocenters. The Balaban J connectivity index is 1.60. The summed E-state index contributed by atoms with van der Waals surface area (Å²) in [4.78, 5) is 12.6. The molecule has 150 valence electrons. The van der Waals surface area contributed by atoms with E-state index in [-0.39, 0.29) is 23.3 Å². The Bertz CT molecular complexity index is 906. The maximum absolute atomic E-state index is 12.7. The molecule has 1 N–H and O–H groups in total. The van der Waals surface area contributed by atoms with E-state index >= 15 is 0 Å². The quantitative estimate of drug-likeness (QED) is 0.769. The number of amides is 1. The predicted molar refractivity (Wildman–Crippen MR) is 111 cm³/mol. The molecule has 1 fully saturated rings. The molecular formula is C21H25ClN2O3S. The van der Waals surface area contributed by atoms with Gasteiger partial charge in [0.1, 0.15) is 0 Å². The van der Waals surface area contributed by atoms with Crippen molar-refractivity contribution in [2.75, 3.05) is 13.1 Å². The number of sulfonamides is 1. The fourth-order valence-electron chi connectivity index (χ4n) is 3.35. The number of hydrogen-bond acceptors (Lipinski definition) is 3. The summed E-state index contributed by atoms with van der Waals surface area (Å²) in [6.07, 6.45) is 3.09. The Morgan fingerprint density at radius 3 is 2.25 bits per heavy atom. The smallest absolute Gasteiger partial charge is 0.243 e. The van der Waals surface area contributed by atoms with Crippen LogP contribution in [-0.2, 0) is 21.2 Å². The normalized spacial score (nSPS) is 16.5. The highest BCUT2D eigenvalue weighted by Gasteiger charge is 2.25. The molecule has 7 heteroatoms. The average molecular weight is 421 g/mol. The lowest BCUT2D eigenvalue weighted by Crippen LogP contribution is -2.35. The number of nitrogens with zero attached hydrogens (tertiary/aromatic N) is 1. The molecule has 3 rings (SSSR count). The van der Waals surface area contributed by atoms with Gasteiger partial charge in [0, 0.05) is 18.1 Å². The lowest BCUT2D eigenvalue weighted by Gasteiger charge is -2.25. The first-order valence-electron chi connectivity index (χ1n) is 9.50. The number of nitrogens with one attached hydrogen (secondary N) is 1. The molecular weight excluding hydrogens is 396 g/mol. The third kappa shape index (κ3) is 5.13. The Kier molecular flexibility index (Phi) is 6.75. The Labute approximate surface area is 171 Å². The summed E-state index contributed by atoms with van der Waals surface area (Å²) in [5, 5.41) is 3.61. The van der Waals surface area contributed by atoms with Crippen LogP contribution in [0.2, 0.25) is 5.02 Å². The second-order valence-corrected chi connectivity index (χ2v) is 9.50. The molecule has 1 aliphatic rings. The summed E-state index contributed by atoms with van der Waals surface area (Å²) >= 11 is 5.89. The Morgan fingerprint density at radius 2 is 1.64 bits per heavy atom. The number of benzene rings is 2. The van der Waals surface area contributed by atoms with E-state index < -0.39 is 10.0 Å². The van der Waals surface area contributed by atoms with E-state index in [9.17, 15) is 13.2 Å². The molecule has 0 bridgehead atoms. The van der Waals surface area contributed by atoms with Gasteiger partial charge in [0.05, 0.1) is 17.4 Å². The molecule has 1 heterocycles. The van der Waals surface area contributed by atoms with Crippen LogP contribution >= 0.6 is 11.6 Å². The van der Waals surface area contributed by atoms with Crippen LogP contribution in [0, 0.1) is 0 Å². The van der Waals surface area contributed by atoms with Crippen molar-refractivity contribution in [1.82, 2.24) is 9.62 Å². The van der Waals surface area contributed by atoms with Crippen molar-refractivity contribution in [2.45, 2.75) is 43.5 Å². The third-order valence-electron chi connectivity index (χ3n) is 4.99. The summed E-state index contributed by atoms with van der Waals surface area (Å²) in [5.74, 6) is -0.117. The highest BCUT2D eigenvalue weighted by atomic mass is 35.5. The number of halogens is 1. The van der Waals surface area contributed by atoms with Gasteiger partial charge in [0.25, 0.3) is 0 Å². The van der Waals surface area contributed by atoms with E-state index in [0.717, 1.165) is 30.4 Å². The number of carbonyl (C=O) groups excluding carboxylic acids is 1. The van der Waals surface area contributed by atoms with Crippen LogP contribution in [-0.4, -0.2) is 31.7 Å². The van der Waals surface area contributed by atoms with Gasteiger partial charge in [-0.05, 0) is 55.2 Å². The minimum atomic E-state index is -3.44. The van der Waals surface area contributed by atoms with Gasteiger partial charge < -0.3 is 5.32 Å². The number of piperidine rings is 1. The SMILES string of the molecule is CC(NC(=O)Cc1ccc(S(=O)(=O)N2CCCCC2)cc1)c1ccc(Cl)cc1. The molecule has 5 nitrogen and oxygen atoms in total. The number of carbonyl (C=O) groups is 1. The first-order valence-corrected chi connectivity index (χ1v) is 11.3. The first-order chi connectivity index (χ1) is 13.4. The van der Waals surface area contributed by atoms with E-state index in [0.29, 0.717) is 18.1 Å². The third-order valence-corrected chi connectivity index (χ3v) is 7.15. The summed E-state index contributed by atoms with van der Waals surface area (Å²) in [6.45, 7) is 3.07. The van der Waals surface area contributed by atoms with Crippen molar-refractivity contribution in [2.24, 2.45) is 0 Å². The van der Waals surface area contributed by atoms with Gasteiger partial charge in [-0.2, -0.15) is 4.31 Å². The van der Waals surface area contributed by atoms with Crippen LogP contribution in [0.3, 0.4) is 0 Å². The van der Waals surface area contributed by atoms with Gasteiger partial charge in [0.15, 0.2) is 0 Å². The highest BCUT2D eigenvalue weighted by molar-refractivity contribution is 7.89. The molecule has 0 spiro atoms. The van der Waals surface area contributed by atoms with Gasteiger partial charge in [-0.15, -0.1) is 0 Å². The highest BCUT2D eigenvalue weighted by Crippen LogP contribution is 2.21. The van der Waals surface area contributed by atoms with Crippen LogP contribution in [0.1, 0.15) is 43.4 Å². The Hall–Kier alpha value is -1.89. The van der Waals surface area contributed by atoms with Crippen LogP contribution < -0.4 is 5.32 Å². The lowest BCUT2D eigenvalue weighted by atomic mass is 10.1. The maximum Gasteiger partial charge on any atom is 0.243 e. The lowest BCUT2D eigenvalue weighted by molar-refractivity contribution is -0.121. The predicted octanol–water partition coefficient (Wildman–Crippen LogP) is 3.93. The van der Waals surface area contributed by atoms with Crippen molar-refractivity contribution < 1.29 is 13.2 Å². The number of hydrogen-bond donors (Lipinski definition) is 1. The molecule has 0 aromatic heterocycles. The Morgan fingerprint density at radius 1 is 1.04 bits per heavy atom. The molecule has 1 amide bonds. The summed E-state index contributed by atoms with van der Waals surface area (Å²) in [5.41, 5.74) is 1.75. The van der Waals surface area contributed by atoms with E-state index in [1.807, 2.05) is 19.1 Å². The number of rotatable bonds is 6. The first kappa shape index (κ1) is 20.8. The fraction of sp³-hybridized carbons (Fsp3) is 0.381. The minimum absolute atomic E-state index is 0.117. The maximum atomic E-state index is 12.7. The molecule has 1 saturated heterocycles. The molecule has 0 radical (unpaired) electrons. The van der Waals surface area contributed by atoms with Gasteiger partial charge in [-0.1, -0.05) is 42.3 Å². The van der Waals surface area contributed by atoms with Crippen LogP contribution in [0.4, 0.5) is 0 Å². The largest absolute Gasteiger partial charge is 0.349 e. The molecule has 2 aromatic rings. The average Bonchev–Trinajstić information content (AvgIpc) is 2.69. The van der Waals surface area contributed by atoms with E-state index in [4.69, 9.17) is 11.6 Å². The molecule has 0 aliphatic carbocycles. The molecule has 0 saturated carbocycles. The van der Waals surface area contributed by atoms with Gasteiger partial charge in [-0.3, -0.25) is 4.79 Å². The standard InChI is InChI=1S/C21H25ClN2O3S/c1-16(18-7-9-19(22)10-8-18)23-21(25)15-17-5-11-20(12-6-17)28(26,27)24-13-3-2-4-14-24/h5-12,16H,2-4,13-15H2,1H3,(H,23,25). The van der Waals surface area contributed by atoms with Gasteiger partial charge >= 0.3 is 0 Å². The van der Waals surface area contributed by atoms with Crippen LogP contribution in [0.5, 0.6) is 0 Å². The minimum Gasteiger partial charge on any atom is -0.349 e. The van der Waals surface area contributed by atoms with Crippen molar-refractivity contribution in [1.29, 1.82) is 0 Å². The van der Waals surface area contributed by atoms with Crippen molar-refractivity contribution in [3.63, 3.8) is 0 Å². The van der Waals surface area contributed by atoms with Crippen molar-refractivity contribution in [3.05, 3.63) is 64.7 Å². The van der Waals surface area contributed by atoms with Gasteiger partial charge in [-0.25, -0.2) is 8.42 Å². The summed E-state index contributed by atoms with van der Waals surface area (Å²) < 4.78 is 26.9. The monoisotopic (exact) mass is 420 g/mol. The topological polar surface area (TPSA) is 66.5 Å². The zero-order valence-corrected chi connectivity index (χ0v) is 17.5. The van der Waals surface area contributed by atoms with Gasteiger partial charge in [0.2, 0.25) is 15.9 Å². The van der Waals surface area contributed by atoms with E-state index in [1.165, 1.54) is 0 Å². The van der Waals surface area contributed by atoms with E-state index in [1.54, 1.807) is 40.7 Å². The molecule has 1 aliphatic heterocycles. The van der Waals surface area contributed by atoms with E-state index in [2.05, 4.69) is 5.32 Å². The molecule has 2 aromatic carbocycles. The molecule has 28 heavy (non-hydrogen) atoms. The van der Waals surface area contributed by atoms with Crippen LogP contribution in [0.15, 0.2) is 53.4 Å². The zero-order valence-electron chi connectivity index (χ0n) is 15.9. The second-order valence-electron chi connectivity index (χ2n) is 7.13. The van der Waals surface area contributed by atoms with Crippen LogP contribution in [0.25, 0.3) is 0 Å². The van der Waals surface area contributed by atoms with Crippen molar-refractivity contribution in [3.8, 4) is 0 Å². The fourth-order valence-corrected chi connectivity index (χ4v) is 4.99. The summed E-state index contributed by atoms with van der Waals surface area (Å²) in [7, 11) is -3.44. The van der Waals surface area contributed by atoms with Crippen molar-refractivity contribution >= 4 is 27.5 Å². The summed E-state index contributed by atoms with van der Waals surface area (Å²) in [6, 6.07) is 13.8. The zero-order chi connectivity index (χ0) is 20.1. The second kappa shape index (κ2) is 9.07.